The summed E-state index contributed by atoms with van der Waals surface area (Å²) in [6.07, 6.45) is 1.07. The molecule has 1 aliphatic heterocycles. The van der Waals surface area contributed by atoms with Crippen molar-refractivity contribution in [1.29, 1.82) is 0 Å². The van der Waals surface area contributed by atoms with E-state index in [1.807, 2.05) is 22.9 Å². The largest absolute Gasteiger partial charge is 0.350 e. The molecule has 4 heterocycles. The van der Waals surface area contributed by atoms with Crippen LogP contribution in [0.4, 0.5) is 0 Å². The molecule has 148 valence electrons. The average Bonchev–Trinajstić information content (AvgIpc) is 3.48. The van der Waals surface area contributed by atoms with E-state index >= 15 is 0 Å². The monoisotopic (exact) mass is 453 g/mol. The Morgan fingerprint density at radius 3 is 2.57 bits per heavy atom. The van der Waals surface area contributed by atoms with Crippen molar-refractivity contribution in [1.82, 2.24) is 14.6 Å². The van der Waals surface area contributed by atoms with Crippen molar-refractivity contribution in [2.75, 3.05) is 13.1 Å². The second-order valence-corrected chi connectivity index (χ2v) is 11.4. The van der Waals surface area contributed by atoms with Gasteiger partial charge in [0, 0.05) is 24.4 Å². The van der Waals surface area contributed by atoms with E-state index in [0.29, 0.717) is 36.7 Å². The maximum Gasteiger partial charge on any atom is 0.252 e. The van der Waals surface area contributed by atoms with E-state index in [9.17, 15) is 13.2 Å². The lowest BCUT2D eigenvalue weighted by molar-refractivity contribution is -0.126. The van der Waals surface area contributed by atoms with Crippen LogP contribution in [-0.2, 0) is 21.4 Å². The van der Waals surface area contributed by atoms with Crippen molar-refractivity contribution < 1.29 is 13.2 Å². The number of aromatic nitrogens is 1. The van der Waals surface area contributed by atoms with Gasteiger partial charge in [0.2, 0.25) is 5.91 Å². The summed E-state index contributed by atoms with van der Waals surface area (Å²) in [5.74, 6) is -0.191. The normalized spacial score (nSPS) is 16.3. The minimum absolute atomic E-state index is 0.0288. The predicted octanol–water partition coefficient (Wildman–Crippen LogP) is 3.65. The molecule has 0 atom stereocenters. The topological polar surface area (TPSA) is 79.4 Å². The van der Waals surface area contributed by atoms with Crippen LogP contribution in [0.3, 0.4) is 0 Å². The molecule has 4 rings (SSSR count). The number of amides is 1. The zero-order chi connectivity index (χ0) is 19.6. The number of carbonyl (C=O) groups excluding carboxylic acids is 1. The molecule has 0 bridgehead atoms. The molecule has 1 N–H and O–H groups in total. The summed E-state index contributed by atoms with van der Waals surface area (Å²) in [7, 11) is -3.43. The molecule has 0 aromatic carbocycles. The summed E-state index contributed by atoms with van der Waals surface area (Å²) < 4.78 is 27.0. The third-order valence-electron chi connectivity index (χ3n) is 4.64. The molecule has 1 aliphatic rings. The third kappa shape index (κ3) is 4.20. The van der Waals surface area contributed by atoms with Gasteiger partial charge in [-0.1, -0.05) is 12.1 Å². The van der Waals surface area contributed by atoms with Crippen LogP contribution in [0.15, 0.2) is 44.6 Å². The second kappa shape index (κ2) is 8.42. The molecular weight excluding hydrogens is 434 g/mol. The van der Waals surface area contributed by atoms with E-state index in [2.05, 4.69) is 10.3 Å². The van der Waals surface area contributed by atoms with E-state index in [1.54, 1.807) is 40.2 Å². The molecule has 1 amide bonds. The Morgan fingerprint density at radius 1 is 1.14 bits per heavy atom. The van der Waals surface area contributed by atoms with Crippen molar-refractivity contribution in [2.24, 2.45) is 5.92 Å². The third-order valence-corrected chi connectivity index (χ3v) is 9.84. The highest BCUT2D eigenvalue weighted by molar-refractivity contribution is 7.91. The summed E-state index contributed by atoms with van der Waals surface area (Å²) in [6, 6.07) is 7.38. The molecule has 0 spiro atoms. The van der Waals surface area contributed by atoms with Gasteiger partial charge in [-0.05, 0) is 35.7 Å². The predicted molar refractivity (Wildman–Crippen MR) is 113 cm³/mol. The second-order valence-electron chi connectivity index (χ2n) is 6.45. The lowest BCUT2D eigenvalue weighted by Crippen LogP contribution is -2.42. The van der Waals surface area contributed by atoms with Crippen LogP contribution in [0.5, 0.6) is 0 Å². The highest BCUT2D eigenvalue weighted by Gasteiger charge is 2.32. The number of nitrogens with zero attached hydrogens (tertiary/aromatic N) is 2. The molecule has 0 unspecified atom stereocenters. The Balaban J connectivity index is 1.29. The highest BCUT2D eigenvalue weighted by atomic mass is 32.2. The smallest absolute Gasteiger partial charge is 0.252 e. The maximum atomic E-state index is 12.6. The van der Waals surface area contributed by atoms with Gasteiger partial charge in [-0.2, -0.15) is 4.31 Å². The summed E-state index contributed by atoms with van der Waals surface area (Å²) >= 11 is 4.44. The molecule has 3 aromatic rings. The average molecular weight is 454 g/mol. The SMILES string of the molecule is O=C(NCc1csc(-c2cccs2)n1)C1CCN(S(=O)(=O)c2cccs2)CC1. The van der Waals surface area contributed by atoms with Crippen LogP contribution in [0.1, 0.15) is 18.5 Å². The minimum atomic E-state index is -3.43. The maximum absolute atomic E-state index is 12.6. The fourth-order valence-corrected chi connectivity index (χ4v) is 7.37. The first-order valence-corrected chi connectivity index (χ1v) is 12.9. The first kappa shape index (κ1) is 19.7. The van der Waals surface area contributed by atoms with E-state index < -0.39 is 10.0 Å². The molecule has 0 saturated carbocycles. The summed E-state index contributed by atoms with van der Waals surface area (Å²) in [5.41, 5.74) is 0.847. The van der Waals surface area contributed by atoms with Crippen LogP contribution < -0.4 is 5.32 Å². The molecule has 10 heteroatoms. The number of carbonyl (C=O) groups is 1. The molecule has 1 saturated heterocycles. The van der Waals surface area contributed by atoms with Gasteiger partial charge in [0.1, 0.15) is 9.22 Å². The standard InChI is InChI=1S/C18H19N3O3S4/c22-17(19-11-14-12-27-18(20-14)15-3-1-9-25-15)13-5-7-21(8-6-13)28(23,24)16-4-2-10-26-16/h1-4,9-10,12-13H,5-8,11H2,(H,19,22). The van der Waals surface area contributed by atoms with Gasteiger partial charge >= 0.3 is 0 Å². The number of piperidine rings is 1. The van der Waals surface area contributed by atoms with Crippen LogP contribution in [-0.4, -0.2) is 36.7 Å². The van der Waals surface area contributed by atoms with E-state index in [-0.39, 0.29) is 11.8 Å². The van der Waals surface area contributed by atoms with Crippen LogP contribution in [0.2, 0.25) is 0 Å². The Kier molecular flexibility index (Phi) is 5.93. The number of nitrogens with one attached hydrogen (secondary N) is 1. The summed E-state index contributed by atoms with van der Waals surface area (Å²) in [4.78, 5) is 18.2. The lowest BCUT2D eigenvalue weighted by Gasteiger charge is -2.30. The molecule has 0 radical (unpaired) electrons. The van der Waals surface area contributed by atoms with E-state index in [4.69, 9.17) is 0 Å². The Morgan fingerprint density at radius 2 is 1.89 bits per heavy atom. The fourth-order valence-electron chi connectivity index (χ4n) is 3.12. The van der Waals surface area contributed by atoms with Crippen LogP contribution >= 0.6 is 34.0 Å². The van der Waals surface area contributed by atoms with Gasteiger partial charge in [-0.3, -0.25) is 4.79 Å². The van der Waals surface area contributed by atoms with Crippen molar-refractivity contribution in [3.63, 3.8) is 0 Å². The fraction of sp³-hybridized carbons (Fsp3) is 0.333. The Labute approximate surface area is 175 Å². The molecule has 3 aromatic heterocycles. The number of hydrogen-bond donors (Lipinski definition) is 1. The molecular formula is C18H19N3O3S4. The van der Waals surface area contributed by atoms with Crippen LogP contribution in [0, 0.1) is 5.92 Å². The summed E-state index contributed by atoms with van der Waals surface area (Å²) in [5, 5.41) is 9.66. The van der Waals surface area contributed by atoms with Gasteiger partial charge < -0.3 is 5.32 Å². The van der Waals surface area contributed by atoms with Gasteiger partial charge in [-0.15, -0.1) is 34.0 Å². The number of thiophene rings is 2. The van der Waals surface area contributed by atoms with Crippen molar-refractivity contribution >= 4 is 49.9 Å². The van der Waals surface area contributed by atoms with Crippen molar-refractivity contribution in [2.45, 2.75) is 23.6 Å². The zero-order valence-electron chi connectivity index (χ0n) is 14.9. The Bertz CT molecular complexity index is 1020. The van der Waals surface area contributed by atoms with Gasteiger partial charge in [-0.25, -0.2) is 13.4 Å². The Hall–Kier alpha value is -1.59. The zero-order valence-corrected chi connectivity index (χ0v) is 18.2. The highest BCUT2D eigenvalue weighted by Crippen LogP contribution is 2.28. The number of thiazole rings is 1. The van der Waals surface area contributed by atoms with Gasteiger partial charge in [0.25, 0.3) is 10.0 Å². The first-order chi connectivity index (χ1) is 13.5. The van der Waals surface area contributed by atoms with Gasteiger partial charge in [0.05, 0.1) is 17.1 Å². The van der Waals surface area contributed by atoms with E-state index in [0.717, 1.165) is 15.6 Å². The summed E-state index contributed by atoms with van der Waals surface area (Å²) in [6.45, 7) is 1.14. The number of rotatable bonds is 6. The molecule has 6 nitrogen and oxygen atoms in total. The molecule has 0 aliphatic carbocycles. The number of hydrogen-bond acceptors (Lipinski definition) is 7. The first-order valence-electron chi connectivity index (χ1n) is 8.83. The quantitative estimate of drug-likeness (QED) is 0.618. The van der Waals surface area contributed by atoms with Crippen LogP contribution in [0.25, 0.3) is 9.88 Å². The molecule has 28 heavy (non-hydrogen) atoms. The lowest BCUT2D eigenvalue weighted by atomic mass is 9.97. The molecule has 1 fully saturated rings. The minimum Gasteiger partial charge on any atom is -0.350 e. The number of sulfonamides is 1. The van der Waals surface area contributed by atoms with Crippen molar-refractivity contribution in [3.8, 4) is 9.88 Å². The van der Waals surface area contributed by atoms with Crippen molar-refractivity contribution in [3.05, 3.63) is 46.1 Å². The van der Waals surface area contributed by atoms with Gasteiger partial charge in [0.15, 0.2) is 0 Å². The van der Waals surface area contributed by atoms with E-state index in [1.165, 1.54) is 15.6 Å².